The molecule has 1 nitrogen and oxygen atoms in total. The lowest BCUT2D eigenvalue weighted by atomic mass is 9.85. The van der Waals surface area contributed by atoms with Crippen LogP contribution in [0.5, 0.6) is 0 Å². The van der Waals surface area contributed by atoms with Gasteiger partial charge in [0.15, 0.2) is 0 Å². The van der Waals surface area contributed by atoms with Crippen LogP contribution in [0, 0.1) is 17.8 Å². The van der Waals surface area contributed by atoms with E-state index in [0.29, 0.717) is 0 Å². The van der Waals surface area contributed by atoms with E-state index in [9.17, 15) is 0 Å². The van der Waals surface area contributed by atoms with Gasteiger partial charge < -0.3 is 0 Å². The molecule has 0 radical (unpaired) electrons. The molecule has 96 valence electrons. The average molecular weight is 243 g/mol. The maximum Gasteiger partial charge on any atom is 0.00929 e. The van der Waals surface area contributed by atoms with E-state index >= 15 is 0 Å². The predicted octanol–water partition coefficient (Wildman–Crippen LogP) is 3.70. The molecule has 1 fully saturated rings. The second-order valence-electron chi connectivity index (χ2n) is 5.85. The molecule has 2 heteroatoms. The second kappa shape index (κ2) is 6.90. The summed E-state index contributed by atoms with van der Waals surface area (Å²) in [6, 6.07) is 0.760. The van der Waals surface area contributed by atoms with Gasteiger partial charge in [-0.3, -0.25) is 4.90 Å². The molecule has 0 saturated carbocycles. The molecule has 0 aromatic rings. The van der Waals surface area contributed by atoms with Crippen LogP contribution in [0.2, 0.25) is 0 Å². The first-order valence-electron chi connectivity index (χ1n) is 6.93. The Morgan fingerprint density at radius 1 is 1.31 bits per heavy atom. The van der Waals surface area contributed by atoms with Crippen LogP contribution in [0.4, 0.5) is 0 Å². The number of thiol groups is 1. The summed E-state index contributed by atoms with van der Waals surface area (Å²) in [5.41, 5.74) is 0. The van der Waals surface area contributed by atoms with Gasteiger partial charge >= 0.3 is 0 Å². The lowest BCUT2D eigenvalue weighted by Gasteiger charge is -2.42. The monoisotopic (exact) mass is 243 g/mol. The lowest BCUT2D eigenvalue weighted by Crippen LogP contribution is -2.47. The molecule has 0 aromatic heterocycles. The molecule has 16 heavy (non-hydrogen) atoms. The molecule has 4 unspecified atom stereocenters. The maximum absolute atomic E-state index is 4.50. The molecule has 4 atom stereocenters. The molecular weight excluding hydrogens is 214 g/mol. The average Bonchev–Trinajstić information content (AvgIpc) is 2.24. The van der Waals surface area contributed by atoms with Gasteiger partial charge in [0.1, 0.15) is 0 Å². The summed E-state index contributed by atoms with van der Waals surface area (Å²) in [6.07, 6.45) is 4.02. The van der Waals surface area contributed by atoms with Crippen LogP contribution < -0.4 is 0 Å². The van der Waals surface area contributed by atoms with Gasteiger partial charge in [0, 0.05) is 19.1 Å². The number of hydrogen-bond donors (Lipinski definition) is 1. The van der Waals surface area contributed by atoms with Crippen molar-refractivity contribution in [3.63, 3.8) is 0 Å². The Bertz CT molecular complexity index is 195. The Hall–Kier alpha value is 0.310. The molecule has 1 aliphatic heterocycles. The summed E-state index contributed by atoms with van der Waals surface area (Å²) in [7, 11) is 0. The molecule has 0 spiro atoms. The summed E-state index contributed by atoms with van der Waals surface area (Å²) in [6.45, 7) is 12.0. The highest BCUT2D eigenvalue weighted by atomic mass is 32.1. The Labute approximate surface area is 107 Å². The quantitative estimate of drug-likeness (QED) is 0.721. The van der Waals surface area contributed by atoms with Gasteiger partial charge in [-0.2, -0.15) is 12.6 Å². The molecule has 0 aromatic carbocycles. The molecule has 0 amide bonds. The first-order chi connectivity index (χ1) is 7.58. The fourth-order valence-electron chi connectivity index (χ4n) is 3.05. The maximum atomic E-state index is 4.50. The number of piperidine rings is 1. The van der Waals surface area contributed by atoms with Crippen LogP contribution >= 0.6 is 12.6 Å². The summed E-state index contributed by atoms with van der Waals surface area (Å²) in [4.78, 5) is 2.70. The van der Waals surface area contributed by atoms with Crippen molar-refractivity contribution in [2.45, 2.75) is 53.0 Å². The summed E-state index contributed by atoms with van der Waals surface area (Å²) >= 11 is 4.50. The van der Waals surface area contributed by atoms with Crippen LogP contribution in [0.15, 0.2) is 0 Å². The number of rotatable bonds is 5. The van der Waals surface area contributed by atoms with Crippen molar-refractivity contribution in [2.24, 2.45) is 17.8 Å². The van der Waals surface area contributed by atoms with Gasteiger partial charge in [-0.15, -0.1) is 0 Å². The highest BCUT2D eigenvalue weighted by molar-refractivity contribution is 7.80. The summed E-state index contributed by atoms with van der Waals surface area (Å²) in [5.74, 6) is 3.55. The fourth-order valence-corrected chi connectivity index (χ4v) is 3.35. The Morgan fingerprint density at radius 2 is 2.00 bits per heavy atom. The van der Waals surface area contributed by atoms with E-state index in [1.54, 1.807) is 0 Å². The largest absolute Gasteiger partial charge is 0.300 e. The van der Waals surface area contributed by atoms with Crippen molar-refractivity contribution in [1.29, 1.82) is 0 Å². The molecule has 1 heterocycles. The Balaban J connectivity index is 2.49. The third kappa shape index (κ3) is 3.96. The Morgan fingerprint density at radius 3 is 2.56 bits per heavy atom. The van der Waals surface area contributed by atoms with E-state index in [-0.39, 0.29) is 0 Å². The molecule has 0 bridgehead atoms. The van der Waals surface area contributed by atoms with Gasteiger partial charge in [-0.1, -0.05) is 27.2 Å². The number of likely N-dealkylation sites (tertiary alicyclic amines) is 1. The fraction of sp³-hybridized carbons (Fsp3) is 1.00. The zero-order chi connectivity index (χ0) is 12.1. The van der Waals surface area contributed by atoms with Crippen molar-refractivity contribution in [3.8, 4) is 0 Å². The minimum atomic E-state index is 0.760. The van der Waals surface area contributed by atoms with E-state index in [2.05, 4.69) is 45.2 Å². The zero-order valence-electron chi connectivity index (χ0n) is 11.4. The van der Waals surface area contributed by atoms with Crippen molar-refractivity contribution >= 4 is 12.6 Å². The van der Waals surface area contributed by atoms with Crippen molar-refractivity contribution in [1.82, 2.24) is 4.90 Å². The molecule has 0 N–H and O–H groups in total. The molecule has 1 saturated heterocycles. The topological polar surface area (TPSA) is 3.24 Å². The Kier molecular flexibility index (Phi) is 6.20. The van der Waals surface area contributed by atoms with Gasteiger partial charge in [-0.25, -0.2) is 0 Å². The van der Waals surface area contributed by atoms with E-state index in [1.165, 1.54) is 32.4 Å². The summed E-state index contributed by atoms with van der Waals surface area (Å²) < 4.78 is 0. The minimum Gasteiger partial charge on any atom is -0.300 e. The van der Waals surface area contributed by atoms with Gasteiger partial charge in [0.25, 0.3) is 0 Å². The molecule has 1 rings (SSSR count). The standard InChI is InChI=1S/C14H29NS/c1-5-6-14(10-16)9-15-8-11(2)7-12(3)13(15)4/h11-14,16H,5-10H2,1-4H3. The third-order valence-corrected chi connectivity index (χ3v) is 4.68. The minimum absolute atomic E-state index is 0.760. The van der Waals surface area contributed by atoms with Crippen molar-refractivity contribution in [3.05, 3.63) is 0 Å². The van der Waals surface area contributed by atoms with Gasteiger partial charge in [-0.05, 0) is 43.3 Å². The van der Waals surface area contributed by atoms with Crippen molar-refractivity contribution in [2.75, 3.05) is 18.8 Å². The lowest BCUT2D eigenvalue weighted by molar-refractivity contribution is 0.0664. The highest BCUT2D eigenvalue weighted by Crippen LogP contribution is 2.28. The SMILES string of the molecule is CCCC(CS)CN1CC(C)CC(C)C1C. The first kappa shape index (κ1) is 14.4. The van der Waals surface area contributed by atoms with Crippen molar-refractivity contribution < 1.29 is 0 Å². The molecule has 1 aliphatic rings. The smallest absolute Gasteiger partial charge is 0.00929 e. The van der Waals surface area contributed by atoms with Crippen LogP contribution in [0.1, 0.15) is 47.0 Å². The van der Waals surface area contributed by atoms with Crippen LogP contribution in [0.3, 0.4) is 0 Å². The number of hydrogen-bond acceptors (Lipinski definition) is 2. The van der Waals surface area contributed by atoms with E-state index in [0.717, 1.165) is 29.5 Å². The molecule has 0 aliphatic carbocycles. The first-order valence-corrected chi connectivity index (χ1v) is 7.56. The summed E-state index contributed by atoms with van der Waals surface area (Å²) in [5, 5.41) is 0. The normalized spacial score (nSPS) is 33.9. The highest BCUT2D eigenvalue weighted by Gasteiger charge is 2.29. The van der Waals surface area contributed by atoms with E-state index < -0.39 is 0 Å². The molecular formula is C14H29NS. The van der Waals surface area contributed by atoms with Crippen LogP contribution in [-0.4, -0.2) is 29.8 Å². The van der Waals surface area contributed by atoms with Gasteiger partial charge in [0.05, 0.1) is 0 Å². The predicted molar refractivity (Wildman–Crippen MR) is 76.2 cm³/mol. The zero-order valence-corrected chi connectivity index (χ0v) is 12.3. The second-order valence-corrected chi connectivity index (χ2v) is 6.22. The van der Waals surface area contributed by atoms with Crippen LogP contribution in [-0.2, 0) is 0 Å². The van der Waals surface area contributed by atoms with Gasteiger partial charge in [0.2, 0.25) is 0 Å². The van der Waals surface area contributed by atoms with E-state index in [4.69, 9.17) is 0 Å². The van der Waals surface area contributed by atoms with E-state index in [1.807, 2.05) is 0 Å². The third-order valence-electron chi connectivity index (χ3n) is 4.17. The van der Waals surface area contributed by atoms with Crippen LogP contribution in [0.25, 0.3) is 0 Å². The number of nitrogens with zero attached hydrogens (tertiary/aromatic N) is 1.